The number of halogens is 1. The quantitative estimate of drug-likeness (QED) is 0.655. The number of aliphatic hydroxyl groups is 1. The molecule has 1 nitrogen and oxygen atoms in total. The first kappa shape index (κ1) is 10.2. The summed E-state index contributed by atoms with van der Waals surface area (Å²) in [6, 6.07) is 8.03. The normalized spacial score (nSPS) is 18.0. The maximum Gasteiger partial charge on any atom is 0.101 e. The number of benzene rings is 1. The molecule has 1 atom stereocenters. The van der Waals surface area contributed by atoms with Crippen molar-refractivity contribution in [1.82, 2.24) is 0 Å². The first-order valence-corrected chi connectivity index (χ1v) is 5.98. The Bertz CT molecular complexity index is 357. The van der Waals surface area contributed by atoms with Gasteiger partial charge in [0.15, 0.2) is 0 Å². The highest BCUT2D eigenvalue weighted by molar-refractivity contribution is 14.1. The highest BCUT2D eigenvalue weighted by Crippen LogP contribution is 2.32. The van der Waals surface area contributed by atoms with Crippen LogP contribution < -0.4 is 0 Å². The van der Waals surface area contributed by atoms with E-state index in [9.17, 15) is 5.11 Å². The maximum absolute atomic E-state index is 10.1. The van der Waals surface area contributed by atoms with Gasteiger partial charge in [-0.05, 0) is 59.1 Å². The molecule has 14 heavy (non-hydrogen) atoms. The van der Waals surface area contributed by atoms with Gasteiger partial charge in [0, 0.05) is 3.57 Å². The maximum atomic E-state index is 10.1. The number of hydrogen-bond acceptors (Lipinski definition) is 1. The average Bonchev–Trinajstić information content (AvgIpc) is 2.70. The van der Waals surface area contributed by atoms with E-state index in [1.54, 1.807) is 0 Å². The standard InChI is InChI=1S/C12H13IO/c13-11-8-4-3-7-10(11)12(14)9-5-1-2-6-9/h3-5,7-8,12,14H,1-2,6H2. The van der Waals surface area contributed by atoms with Crippen molar-refractivity contribution in [3.05, 3.63) is 45.0 Å². The molecule has 0 heterocycles. The van der Waals surface area contributed by atoms with Gasteiger partial charge in [-0.1, -0.05) is 24.3 Å². The molecule has 1 aromatic carbocycles. The highest BCUT2D eigenvalue weighted by atomic mass is 127. The van der Waals surface area contributed by atoms with Crippen LogP contribution in [0.3, 0.4) is 0 Å². The summed E-state index contributed by atoms with van der Waals surface area (Å²) in [5.41, 5.74) is 2.23. The van der Waals surface area contributed by atoms with E-state index in [0.717, 1.165) is 22.0 Å². The Morgan fingerprint density at radius 3 is 2.71 bits per heavy atom. The average molecular weight is 300 g/mol. The van der Waals surface area contributed by atoms with Crippen molar-refractivity contribution < 1.29 is 5.11 Å². The van der Waals surface area contributed by atoms with Gasteiger partial charge in [-0.3, -0.25) is 0 Å². The first-order chi connectivity index (χ1) is 6.79. The van der Waals surface area contributed by atoms with Crippen LogP contribution >= 0.6 is 22.6 Å². The topological polar surface area (TPSA) is 20.2 Å². The highest BCUT2D eigenvalue weighted by Gasteiger charge is 2.17. The van der Waals surface area contributed by atoms with Crippen LogP contribution in [-0.4, -0.2) is 5.11 Å². The third-order valence-electron chi connectivity index (χ3n) is 2.63. The van der Waals surface area contributed by atoms with E-state index in [0.29, 0.717) is 0 Å². The molecule has 0 fully saturated rings. The summed E-state index contributed by atoms with van der Waals surface area (Å²) in [6.07, 6.45) is 5.15. The van der Waals surface area contributed by atoms with Crippen LogP contribution in [0.1, 0.15) is 30.9 Å². The van der Waals surface area contributed by atoms with Gasteiger partial charge >= 0.3 is 0 Å². The van der Waals surface area contributed by atoms with E-state index >= 15 is 0 Å². The molecule has 0 radical (unpaired) electrons. The lowest BCUT2D eigenvalue weighted by Gasteiger charge is -2.13. The molecule has 0 aliphatic heterocycles. The van der Waals surface area contributed by atoms with Gasteiger partial charge in [-0.2, -0.15) is 0 Å². The molecule has 0 bridgehead atoms. The van der Waals surface area contributed by atoms with Gasteiger partial charge < -0.3 is 5.11 Å². The molecule has 74 valence electrons. The molecule has 0 aromatic heterocycles. The molecule has 1 N–H and O–H groups in total. The van der Waals surface area contributed by atoms with Crippen molar-refractivity contribution in [1.29, 1.82) is 0 Å². The Hall–Kier alpha value is -0.350. The fraction of sp³-hybridized carbons (Fsp3) is 0.333. The Morgan fingerprint density at radius 1 is 1.29 bits per heavy atom. The minimum atomic E-state index is -0.384. The number of aliphatic hydroxyl groups excluding tert-OH is 1. The predicted molar refractivity (Wildman–Crippen MR) is 66.1 cm³/mol. The number of allylic oxidation sites excluding steroid dienone is 1. The summed E-state index contributed by atoms with van der Waals surface area (Å²) < 4.78 is 1.14. The fourth-order valence-corrected chi connectivity index (χ4v) is 2.52. The lowest BCUT2D eigenvalue weighted by atomic mass is 10.0. The van der Waals surface area contributed by atoms with Crippen LogP contribution in [-0.2, 0) is 0 Å². The minimum absolute atomic E-state index is 0.384. The van der Waals surface area contributed by atoms with E-state index in [2.05, 4.69) is 28.7 Å². The molecular formula is C12H13IO. The lowest BCUT2D eigenvalue weighted by molar-refractivity contribution is 0.212. The van der Waals surface area contributed by atoms with Gasteiger partial charge in [-0.25, -0.2) is 0 Å². The zero-order valence-corrected chi connectivity index (χ0v) is 10.1. The van der Waals surface area contributed by atoms with Crippen LogP contribution in [0.4, 0.5) is 0 Å². The molecule has 1 aliphatic rings. The van der Waals surface area contributed by atoms with Crippen molar-refractivity contribution in [2.45, 2.75) is 25.4 Å². The van der Waals surface area contributed by atoms with Crippen molar-refractivity contribution in [2.75, 3.05) is 0 Å². The van der Waals surface area contributed by atoms with Crippen LogP contribution in [0, 0.1) is 3.57 Å². The van der Waals surface area contributed by atoms with E-state index in [1.807, 2.05) is 24.3 Å². The summed E-state index contributed by atoms with van der Waals surface area (Å²) in [4.78, 5) is 0. The fourth-order valence-electron chi connectivity index (χ4n) is 1.84. The first-order valence-electron chi connectivity index (χ1n) is 4.90. The Balaban J connectivity index is 2.26. The SMILES string of the molecule is OC(C1=CCCC1)c1ccccc1I. The number of hydrogen-bond donors (Lipinski definition) is 1. The molecule has 0 saturated carbocycles. The third kappa shape index (κ3) is 2.01. The smallest absolute Gasteiger partial charge is 0.101 e. The predicted octanol–water partition coefficient (Wildman–Crippen LogP) is 3.43. The van der Waals surface area contributed by atoms with Gasteiger partial charge in [0.2, 0.25) is 0 Å². The molecule has 1 aromatic rings. The Labute approximate surface area is 98.0 Å². The van der Waals surface area contributed by atoms with E-state index in [4.69, 9.17) is 0 Å². The second-order valence-corrected chi connectivity index (χ2v) is 4.76. The Kier molecular flexibility index (Phi) is 3.23. The summed E-state index contributed by atoms with van der Waals surface area (Å²) in [6.45, 7) is 0. The molecule has 0 spiro atoms. The molecule has 1 unspecified atom stereocenters. The van der Waals surface area contributed by atoms with E-state index < -0.39 is 0 Å². The number of rotatable bonds is 2. The summed E-state index contributed by atoms with van der Waals surface area (Å²) in [5.74, 6) is 0. The van der Waals surface area contributed by atoms with Crippen LogP contribution in [0.5, 0.6) is 0 Å². The van der Waals surface area contributed by atoms with Crippen molar-refractivity contribution >= 4 is 22.6 Å². The van der Waals surface area contributed by atoms with Crippen LogP contribution in [0.25, 0.3) is 0 Å². The third-order valence-corrected chi connectivity index (χ3v) is 3.61. The second kappa shape index (κ2) is 4.45. The Morgan fingerprint density at radius 2 is 2.07 bits per heavy atom. The zero-order chi connectivity index (χ0) is 9.97. The molecular weight excluding hydrogens is 287 g/mol. The molecule has 0 saturated heterocycles. The van der Waals surface area contributed by atoms with E-state index in [1.165, 1.54) is 12.0 Å². The van der Waals surface area contributed by atoms with Crippen molar-refractivity contribution in [3.63, 3.8) is 0 Å². The van der Waals surface area contributed by atoms with Gasteiger partial charge in [-0.15, -0.1) is 0 Å². The monoisotopic (exact) mass is 300 g/mol. The second-order valence-electron chi connectivity index (χ2n) is 3.60. The van der Waals surface area contributed by atoms with Crippen LogP contribution in [0.2, 0.25) is 0 Å². The van der Waals surface area contributed by atoms with Crippen molar-refractivity contribution in [3.8, 4) is 0 Å². The molecule has 2 rings (SSSR count). The van der Waals surface area contributed by atoms with Crippen molar-refractivity contribution in [2.24, 2.45) is 0 Å². The minimum Gasteiger partial charge on any atom is -0.384 e. The van der Waals surface area contributed by atoms with Gasteiger partial charge in [0.1, 0.15) is 6.10 Å². The van der Waals surface area contributed by atoms with Gasteiger partial charge in [0.05, 0.1) is 0 Å². The summed E-state index contributed by atoms with van der Waals surface area (Å²) >= 11 is 2.27. The summed E-state index contributed by atoms with van der Waals surface area (Å²) in [7, 11) is 0. The molecule has 0 amide bonds. The largest absolute Gasteiger partial charge is 0.384 e. The van der Waals surface area contributed by atoms with E-state index in [-0.39, 0.29) is 6.10 Å². The molecule has 1 aliphatic carbocycles. The molecule has 2 heteroatoms. The zero-order valence-electron chi connectivity index (χ0n) is 7.91. The lowest BCUT2D eigenvalue weighted by Crippen LogP contribution is -2.01. The van der Waals surface area contributed by atoms with Crippen LogP contribution in [0.15, 0.2) is 35.9 Å². The summed E-state index contributed by atoms with van der Waals surface area (Å²) in [5, 5.41) is 10.1. The van der Waals surface area contributed by atoms with Gasteiger partial charge in [0.25, 0.3) is 0 Å².